The predicted molar refractivity (Wildman–Crippen MR) is 133 cm³/mol. The van der Waals surface area contributed by atoms with Crippen molar-refractivity contribution in [3.8, 4) is 34.0 Å². The number of fused-ring (bicyclic) bond motifs is 1. The van der Waals surface area contributed by atoms with Crippen molar-refractivity contribution in [2.75, 3.05) is 13.2 Å². The first kappa shape index (κ1) is 21.8. The van der Waals surface area contributed by atoms with Crippen LogP contribution in [-0.4, -0.2) is 55.5 Å². The molecule has 6 rings (SSSR count). The molecule has 2 atom stereocenters. The molecule has 3 aromatic carbocycles. The molecule has 0 radical (unpaired) electrons. The van der Waals surface area contributed by atoms with Crippen LogP contribution in [-0.2, 0) is 4.74 Å². The molecule has 0 amide bonds. The molecule has 0 aliphatic carbocycles. The van der Waals surface area contributed by atoms with Crippen LogP contribution in [0.3, 0.4) is 0 Å². The number of ether oxygens (including phenoxy) is 2. The lowest BCUT2D eigenvalue weighted by Gasteiger charge is -2.08. The van der Waals surface area contributed by atoms with Gasteiger partial charge in [0.25, 0.3) is 6.01 Å². The predicted octanol–water partition coefficient (Wildman–Crippen LogP) is 4.66. The fraction of sp³-hybridized carbons (Fsp3) is 0.192. The molecule has 1 aliphatic heterocycles. The van der Waals surface area contributed by atoms with Gasteiger partial charge in [0.2, 0.25) is 0 Å². The number of nitrogens with zero attached hydrogens (tertiary/aromatic N) is 4. The highest BCUT2D eigenvalue weighted by atomic mass is 35.5. The maximum Gasteiger partial charge on any atom is 0.294 e. The zero-order chi connectivity index (χ0) is 23.8. The molecule has 1 aliphatic rings. The number of aliphatic hydroxyl groups excluding tert-OH is 1. The van der Waals surface area contributed by atoms with Gasteiger partial charge in [0.05, 0.1) is 53.5 Å². The van der Waals surface area contributed by atoms with Crippen molar-refractivity contribution in [3.63, 3.8) is 0 Å². The number of H-pyrrole nitrogens is 1. The van der Waals surface area contributed by atoms with Gasteiger partial charge in [-0.05, 0) is 41.0 Å². The molecule has 5 aromatic rings. The molecule has 0 spiro atoms. The van der Waals surface area contributed by atoms with Gasteiger partial charge in [0.15, 0.2) is 0 Å². The van der Waals surface area contributed by atoms with Crippen LogP contribution in [0.2, 0.25) is 5.02 Å². The number of aliphatic hydroxyl groups is 1. The zero-order valence-electron chi connectivity index (χ0n) is 18.6. The minimum atomic E-state index is -0.181. The molecule has 176 valence electrons. The summed E-state index contributed by atoms with van der Waals surface area (Å²) in [5.41, 5.74) is 6.64. The Labute approximate surface area is 206 Å². The van der Waals surface area contributed by atoms with Crippen LogP contribution in [0.25, 0.3) is 39.0 Å². The maximum absolute atomic E-state index is 9.24. The van der Waals surface area contributed by atoms with Gasteiger partial charge in [-0.15, -0.1) is 5.10 Å². The normalized spacial score (nSPS) is 17.8. The molecule has 1 fully saturated rings. The lowest BCUT2D eigenvalue weighted by Crippen LogP contribution is -2.17. The monoisotopic (exact) mass is 487 g/mol. The fourth-order valence-electron chi connectivity index (χ4n) is 4.32. The molecule has 0 bridgehead atoms. The number of hydrogen-bond acceptors (Lipinski definition) is 6. The van der Waals surface area contributed by atoms with Gasteiger partial charge in [-0.2, -0.15) is 4.98 Å². The Kier molecular flexibility index (Phi) is 5.69. The molecule has 35 heavy (non-hydrogen) atoms. The first-order valence-electron chi connectivity index (χ1n) is 11.3. The second-order valence-electron chi connectivity index (χ2n) is 8.48. The van der Waals surface area contributed by atoms with E-state index in [-0.39, 0.29) is 18.8 Å². The van der Waals surface area contributed by atoms with Crippen LogP contribution >= 0.6 is 11.6 Å². The summed E-state index contributed by atoms with van der Waals surface area (Å²) in [4.78, 5) is 7.76. The number of imidazole rings is 1. The standard InChI is InChI=1S/C26H22ClN5O3/c27-23-13-25-24(29-26(30-25)35-21-11-20(14-33)34-15-21)12-22(23)18-3-1-16(2-4-18)17-5-7-19(8-6-17)32-10-9-28-31-32/h1-10,12-13,20-21,33H,11,14-15H2,(H,29,30)/t20-,21?/m0/s1. The summed E-state index contributed by atoms with van der Waals surface area (Å²) in [6, 6.07) is 20.7. The number of nitrogens with one attached hydrogen (secondary N) is 1. The Morgan fingerprint density at radius 2 is 1.80 bits per heavy atom. The molecule has 2 N–H and O–H groups in total. The number of hydrogen-bond donors (Lipinski definition) is 2. The SMILES string of the molecule is OC[C@@H]1CC(Oc2nc3cc(-c4ccc(-c5ccc(-n6ccnn6)cc5)cc4)c(Cl)cc3[nH]2)CO1. The van der Waals surface area contributed by atoms with Crippen LogP contribution in [0.5, 0.6) is 6.01 Å². The lowest BCUT2D eigenvalue weighted by atomic mass is 10.00. The number of rotatable bonds is 6. The van der Waals surface area contributed by atoms with E-state index in [1.165, 1.54) is 0 Å². The van der Waals surface area contributed by atoms with Crippen molar-refractivity contribution in [1.82, 2.24) is 25.0 Å². The summed E-state index contributed by atoms with van der Waals surface area (Å²) < 4.78 is 13.1. The summed E-state index contributed by atoms with van der Waals surface area (Å²) in [5, 5.41) is 17.7. The van der Waals surface area contributed by atoms with E-state index >= 15 is 0 Å². The van der Waals surface area contributed by atoms with Gasteiger partial charge < -0.3 is 19.6 Å². The quantitative estimate of drug-likeness (QED) is 0.361. The highest BCUT2D eigenvalue weighted by Gasteiger charge is 2.27. The van der Waals surface area contributed by atoms with Crippen molar-refractivity contribution >= 4 is 22.6 Å². The number of benzene rings is 3. The topological polar surface area (TPSA) is 98.1 Å². The Morgan fingerprint density at radius 1 is 1.06 bits per heavy atom. The van der Waals surface area contributed by atoms with E-state index in [4.69, 9.17) is 21.1 Å². The average Bonchev–Trinajstić information content (AvgIpc) is 3.65. The summed E-state index contributed by atoms with van der Waals surface area (Å²) in [6.07, 6.45) is 3.79. The highest BCUT2D eigenvalue weighted by Crippen LogP contribution is 2.34. The molecule has 1 saturated heterocycles. The summed E-state index contributed by atoms with van der Waals surface area (Å²) in [6.45, 7) is 0.426. The van der Waals surface area contributed by atoms with E-state index in [2.05, 4.69) is 56.7 Å². The number of aromatic nitrogens is 5. The van der Waals surface area contributed by atoms with Crippen molar-refractivity contribution in [2.24, 2.45) is 0 Å². The van der Waals surface area contributed by atoms with Crippen molar-refractivity contribution in [1.29, 1.82) is 0 Å². The first-order chi connectivity index (χ1) is 17.2. The lowest BCUT2D eigenvalue weighted by molar-refractivity contribution is 0.0528. The van der Waals surface area contributed by atoms with E-state index in [9.17, 15) is 5.11 Å². The molecule has 0 saturated carbocycles. The Bertz CT molecular complexity index is 1450. The van der Waals surface area contributed by atoms with Gasteiger partial charge >= 0.3 is 0 Å². The molecular formula is C26H22ClN5O3. The van der Waals surface area contributed by atoms with Crippen LogP contribution in [0, 0.1) is 0 Å². The van der Waals surface area contributed by atoms with Gasteiger partial charge in [-0.25, -0.2) is 4.68 Å². The van der Waals surface area contributed by atoms with Gasteiger partial charge in [-0.3, -0.25) is 0 Å². The third-order valence-electron chi connectivity index (χ3n) is 6.16. The molecular weight excluding hydrogens is 466 g/mol. The van der Waals surface area contributed by atoms with E-state index in [1.807, 2.05) is 30.5 Å². The van der Waals surface area contributed by atoms with Gasteiger partial charge in [-0.1, -0.05) is 53.2 Å². The van der Waals surface area contributed by atoms with Crippen LogP contribution in [0.15, 0.2) is 73.1 Å². The Balaban J connectivity index is 1.22. The molecule has 1 unspecified atom stereocenters. The van der Waals surface area contributed by atoms with Gasteiger partial charge in [0.1, 0.15) is 6.10 Å². The molecule has 2 aromatic heterocycles. The van der Waals surface area contributed by atoms with Crippen LogP contribution < -0.4 is 4.74 Å². The number of aromatic amines is 1. The maximum atomic E-state index is 9.24. The van der Waals surface area contributed by atoms with Gasteiger partial charge in [0, 0.05) is 12.0 Å². The zero-order valence-corrected chi connectivity index (χ0v) is 19.4. The van der Waals surface area contributed by atoms with Crippen LogP contribution in [0.4, 0.5) is 0 Å². The third kappa shape index (κ3) is 4.39. The summed E-state index contributed by atoms with van der Waals surface area (Å²) in [7, 11) is 0. The largest absolute Gasteiger partial charge is 0.459 e. The van der Waals surface area contributed by atoms with Crippen LogP contribution in [0.1, 0.15) is 6.42 Å². The first-order valence-corrected chi connectivity index (χ1v) is 11.7. The van der Waals surface area contributed by atoms with E-state index in [0.29, 0.717) is 24.1 Å². The Morgan fingerprint density at radius 3 is 2.49 bits per heavy atom. The fourth-order valence-corrected chi connectivity index (χ4v) is 4.59. The van der Waals surface area contributed by atoms with E-state index in [1.54, 1.807) is 10.9 Å². The molecule has 3 heterocycles. The van der Waals surface area contributed by atoms with Crippen molar-refractivity contribution in [3.05, 3.63) is 78.1 Å². The highest BCUT2D eigenvalue weighted by molar-refractivity contribution is 6.34. The second kappa shape index (κ2) is 9.14. The average molecular weight is 488 g/mol. The van der Waals surface area contributed by atoms with E-state index < -0.39 is 0 Å². The second-order valence-corrected chi connectivity index (χ2v) is 8.88. The van der Waals surface area contributed by atoms with Crippen molar-refractivity contribution < 1.29 is 14.6 Å². The minimum Gasteiger partial charge on any atom is -0.459 e. The van der Waals surface area contributed by atoms with E-state index in [0.717, 1.165) is 39.0 Å². The smallest absolute Gasteiger partial charge is 0.294 e. The Hall–Kier alpha value is -3.72. The minimum absolute atomic E-state index is 0.00789. The third-order valence-corrected chi connectivity index (χ3v) is 6.47. The summed E-state index contributed by atoms with van der Waals surface area (Å²) in [5.74, 6) is 0. The van der Waals surface area contributed by atoms with Crippen molar-refractivity contribution in [2.45, 2.75) is 18.6 Å². The summed E-state index contributed by atoms with van der Waals surface area (Å²) >= 11 is 6.63. The molecule has 9 heteroatoms. The molecule has 8 nitrogen and oxygen atoms in total. The number of halogens is 1.